The maximum atomic E-state index is 13.2. The van der Waals surface area contributed by atoms with Gasteiger partial charge in [-0.2, -0.15) is 5.10 Å². The third-order valence-corrected chi connectivity index (χ3v) is 6.80. The van der Waals surface area contributed by atoms with E-state index in [9.17, 15) is 9.59 Å². The van der Waals surface area contributed by atoms with Gasteiger partial charge in [0.2, 0.25) is 5.91 Å². The van der Waals surface area contributed by atoms with Crippen LogP contribution in [0.3, 0.4) is 0 Å². The maximum absolute atomic E-state index is 13.2. The van der Waals surface area contributed by atoms with E-state index in [0.717, 1.165) is 22.5 Å². The van der Waals surface area contributed by atoms with Crippen molar-refractivity contribution in [3.8, 4) is 11.4 Å². The number of fused-ring (bicyclic) bond motifs is 5. The average Bonchev–Trinajstić information content (AvgIpc) is 3.37. The molecule has 2 aliphatic heterocycles. The number of amides is 2. The zero-order chi connectivity index (χ0) is 23.1. The summed E-state index contributed by atoms with van der Waals surface area (Å²) in [6.07, 6.45) is 2.58. The number of nitrogens with zero attached hydrogens (tertiary/aromatic N) is 4. The first-order valence-corrected chi connectivity index (χ1v) is 11.4. The number of halogens is 2. The summed E-state index contributed by atoms with van der Waals surface area (Å²) < 4.78 is 7.05. The highest BCUT2D eigenvalue weighted by Crippen LogP contribution is 2.36. The second kappa shape index (κ2) is 8.81. The Labute approximate surface area is 199 Å². The van der Waals surface area contributed by atoms with Gasteiger partial charge in [0.1, 0.15) is 12.0 Å². The Morgan fingerprint density at radius 1 is 1.27 bits per heavy atom. The van der Waals surface area contributed by atoms with Crippen LogP contribution in [0.2, 0.25) is 10.0 Å². The van der Waals surface area contributed by atoms with Gasteiger partial charge in [0, 0.05) is 36.2 Å². The van der Waals surface area contributed by atoms with Crippen LogP contribution in [0.1, 0.15) is 27.2 Å². The predicted octanol–water partition coefficient (Wildman–Crippen LogP) is 2.32. The summed E-state index contributed by atoms with van der Waals surface area (Å²) in [4.78, 5) is 27.6. The summed E-state index contributed by atoms with van der Waals surface area (Å²) in [5, 5.41) is 21.5. The molecule has 1 atom stereocenters. The van der Waals surface area contributed by atoms with E-state index in [2.05, 4.69) is 10.5 Å². The van der Waals surface area contributed by atoms with Crippen molar-refractivity contribution in [2.45, 2.75) is 25.9 Å². The summed E-state index contributed by atoms with van der Waals surface area (Å²) in [6, 6.07) is 4.85. The highest BCUT2D eigenvalue weighted by molar-refractivity contribution is 6.42. The zero-order valence-corrected chi connectivity index (χ0v) is 19.1. The number of rotatable bonds is 4. The summed E-state index contributed by atoms with van der Waals surface area (Å²) in [6.45, 7) is 1.31. The Kier molecular flexibility index (Phi) is 5.86. The zero-order valence-electron chi connectivity index (χ0n) is 17.6. The molecule has 11 heteroatoms. The molecule has 0 saturated heterocycles. The molecule has 0 radical (unpaired) electrons. The van der Waals surface area contributed by atoms with Gasteiger partial charge in [-0.3, -0.25) is 14.3 Å². The van der Waals surface area contributed by atoms with E-state index in [4.69, 9.17) is 37.9 Å². The van der Waals surface area contributed by atoms with Gasteiger partial charge in [-0.15, -0.1) is 0 Å². The molecule has 2 amide bonds. The Balaban J connectivity index is 1.47. The third kappa shape index (κ3) is 4.01. The number of carbonyl (C=O) groups excluding carboxylic acids is 2. The Morgan fingerprint density at radius 2 is 2.12 bits per heavy atom. The van der Waals surface area contributed by atoms with Crippen molar-refractivity contribution in [1.82, 2.24) is 25.2 Å². The number of aromatic nitrogens is 3. The monoisotopic (exact) mass is 489 g/mol. The standard InChI is InChI=1S/C22H21Cl2N5O4/c23-16-2-1-12(8-17(16)24)22(32)28-5-3-18-15(10-28)20-19-14(11-33-27-19)7-13(9-29(20)26-18)21(31)25-4-6-30/h1-2,8,11,13,30H,3-7,9-10H2,(H,25,31). The summed E-state index contributed by atoms with van der Waals surface area (Å²) in [7, 11) is 0. The number of hydrogen-bond acceptors (Lipinski definition) is 6. The fourth-order valence-corrected chi connectivity index (χ4v) is 4.74. The van der Waals surface area contributed by atoms with Crippen molar-refractivity contribution in [3.05, 3.63) is 56.9 Å². The van der Waals surface area contributed by atoms with E-state index >= 15 is 0 Å². The molecule has 1 aromatic carbocycles. The van der Waals surface area contributed by atoms with Gasteiger partial charge in [0.15, 0.2) is 0 Å². The minimum absolute atomic E-state index is 0.124. The highest BCUT2D eigenvalue weighted by atomic mass is 35.5. The van der Waals surface area contributed by atoms with Crippen LogP contribution in [0, 0.1) is 5.92 Å². The van der Waals surface area contributed by atoms with Gasteiger partial charge in [0.05, 0.1) is 47.0 Å². The van der Waals surface area contributed by atoms with Crippen LogP contribution in [-0.4, -0.2) is 56.5 Å². The molecule has 2 N–H and O–H groups in total. The first-order valence-electron chi connectivity index (χ1n) is 10.6. The van der Waals surface area contributed by atoms with Crippen LogP contribution in [0.25, 0.3) is 11.4 Å². The molecule has 2 aliphatic rings. The van der Waals surface area contributed by atoms with E-state index in [1.54, 1.807) is 34.0 Å². The van der Waals surface area contributed by atoms with Crippen molar-refractivity contribution in [1.29, 1.82) is 0 Å². The second-order valence-corrected chi connectivity index (χ2v) is 8.98. The van der Waals surface area contributed by atoms with Gasteiger partial charge >= 0.3 is 0 Å². The number of aliphatic hydroxyl groups is 1. The van der Waals surface area contributed by atoms with E-state index in [-0.39, 0.29) is 30.9 Å². The molecule has 0 fully saturated rings. The van der Waals surface area contributed by atoms with Crippen LogP contribution in [0.5, 0.6) is 0 Å². The van der Waals surface area contributed by atoms with E-state index in [1.807, 2.05) is 0 Å². The lowest BCUT2D eigenvalue weighted by molar-refractivity contribution is -0.125. The molecular weight excluding hydrogens is 469 g/mol. The maximum Gasteiger partial charge on any atom is 0.254 e. The largest absolute Gasteiger partial charge is 0.395 e. The van der Waals surface area contributed by atoms with E-state index < -0.39 is 0 Å². The Hall–Kier alpha value is -2.88. The van der Waals surface area contributed by atoms with Gasteiger partial charge < -0.3 is 19.8 Å². The molecule has 0 saturated carbocycles. The molecular formula is C22H21Cl2N5O4. The Morgan fingerprint density at radius 3 is 2.91 bits per heavy atom. The minimum atomic E-state index is -0.383. The molecule has 33 heavy (non-hydrogen) atoms. The highest BCUT2D eigenvalue weighted by Gasteiger charge is 2.35. The molecule has 0 bridgehead atoms. The lowest BCUT2D eigenvalue weighted by Gasteiger charge is -2.27. The topological polar surface area (TPSA) is 113 Å². The molecule has 172 valence electrons. The molecule has 2 aromatic heterocycles. The first kappa shape index (κ1) is 21.9. The smallest absolute Gasteiger partial charge is 0.254 e. The van der Waals surface area contributed by atoms with Crippen molar-refractivity contribution in [3.63, 3.8) is 0 Å². The fraction of sp³-hybridized carbons (Fsp3) is 0.364. The first-order chi connectivity index (χ1) is 16.0. The SMILES string of the molecule is O=C(NCCO)C1Cc2conc2-c2c3c(nn2C1)CCN(C(=O)c1ccc(Cl)c(Cl)c1)C3. The number of nitrogens with one attached hydrogen (secondary N) is 1. The van der Waals surface area contributed by atoms with Gasteiger partial charge in [-0.05, 0) is 24.6 Å². The predicted molar refractivity (Wildman–Crippen MR) is 120 cm³/mol. The van der Waals surface area contributed by atoms with E-state index in [1.165, 1.54) is 0 Å². The summed E-state index contributed by atoms with van der Waals surface area (Å²) >= 11 is 12.1. The third-order valence-electron chi connectivity index (χ3n) is 6.06. The van der Waals surface area contributed by atoms with Crippen molar-refractivity contribution < 1.29 is 19.2 Å². The summed E-state index contributed by atoms with van der Waals surface area (Å²) in [5.41, 5.74) is 4.49. The van der Waals surface area contributed by atoms with Crippen LogP contribution >= 0.6 is 23.2 Å². The second-order valence-electron chi connectivity index (χ2n) is 8.17. The van der Waals surface area contributed by atoms with Crippen LogP contribution in [-0.2, 0) is 30.7 Å². The number of benzene rings is 1. The number of aliphatic hydroxyl groups excluding tert-OH is 1. The van der Waals surface area contributed by atoms with Crippen LogP contribution in [0.4, 0.5) is 0 Å². The molecule has 3 aromatic rings. The van der Waals surface area contributed by atoms with Gasteiger partial charge in [-0.25, -0.2) is 0 Å². The number of carbonyl (C=O) groups is 2. The quantitative estimate of drug-likeness (QED) is 0.581. The van der Waals surface area contributed by atoms with Gasteiger partial charge in [0.25, 0.3) is 5.91 Å². The van der Waals surface area contributed by atoms with Crippen molar-refractivity contribution in [2.75, 3.05) is 19.7 Å². The molecule has 9 nitrogen and oxygen atoms in total. The summed E-state index contributed by atoms with van der Waals surface area (Å²) in [5.74, 6) is -0.686. The Bertz CT molecular complexity index is 1240. The lowest BCUT2D eigenvalue weighted by Crippen LogP contribution is -2.36. The molecule has 0 spiro atoms. The van der Waals surface area contributed by atoms with Crippen LogP contribution < -0.4 is 5.32 Å². The van der Waals surface area contributed by atoms with Crippen LogP contribution in [0.15, 0.2) is 29.0 Å². The molecule has 4 heterocycles. The minimum Gasteiger partial charge on any atom is -0.395 e. The van der Waals surface area contributed by atoms with Gasteiger partial charge in [-0.1, -0.05) is 28.4 Å². The fourth-order valence-electron chi connectivity index (χ4n) is 4.44. The average molecular weight is 490 g/mol. The molecule has 5 rings (SSSR count). The normalized spacial score (nSPS) is 17.1. The number of hydrogen-bond donors (Lipinski definition) is 2. The van der Waals surface area contributed by atoms with Crippen molar-refractivity contribution >= 4 is 35.0 Å². The molecule has 1 unspecified atom stereocenters. The van der Waals surface area contributed by atoms with E-state index in [0.29, 0.717) is 53.8 Å². The molecule has 0 aliphatic carbocycles. The van der Waals surface area contributed by atoms with Crippen molar-refractivity contribution in [2.24, 2.45) is 5.92 Å². The lowest BCUT2D eigenvalue weighted by atomic mass is 9.98.